The molecule has 3 nitrogen and oxygen atoms in total. The second-order valence-electron chi connectivity index (χ2n) is 5.67. The van der Waals surface area contributed by atoms with E-state index in [2.05, 4.69) is 12.1 Å². The number of carbonyl (C=O) groups is 1. The Hall–Kier alpha value is -1.35. The average Bonchev–Trinajstić information content (AvgIpc) is 2.52. The summed E-state index contributed by atoms with van der Waals surface area (Å²) in [5.41, 5.74) is 1.29. The predicted molar refractivity (Wildman–Crippen MR) is 80.6 cm³/mol. The molecule has 3 heteroatoms. The van der Waals surface area contributed by atoms with E-state index in [1.165, 1.54) is 12.0 Å². The third-order valence-electron chi connectivity index (χ3n) is 4.03. The van der Waals surface area contributed by atoms with Gasteiger partial charge in [0, 0.05) is 33.2 Å². The molecule has 0 N–H and O–H groups in total. The molecule has 0 aliphatic carbocycles. The van der Waals surface area contributed by atoms with Crippen molar-refractivity contribution in [2.24, 2.45) is 5.92 Å². The molecule has 1 amide bonds. The molecule has 0 aromatic heterocycles. The molecular formula is C17H25NO2. The van der Waals surface area contributed by atoms with Crippen molar-refractivity contribution in [1.82, 2.24) is 4.90 Å². The lowest BCUT2D eigenvalue weighted by Crippen LogP contribution is -2.29. The molecule has 0 saturated carbocycles. The van der Waals surface area contributed by atoms with Crippen molar-refractivity contribution in [3.8, 4) is 0 Å². The molecule has 110 valence electrons. The van der Waals surface area contributed by atoms with Gasteiger partial charge in [-0.15, -0.1) is 0 Å². The first-order valence-corrected chi connectivity index (χ1v) is 7.61. The van der Waals surface area contributed by atoms with Gasteiger partial charge in [0.15, 0.2) is 0 Å². The molecule has 0 spiro atoms. The highest BCUT2D eigenvalue weighted by atomic mass is 16.5. The molecule has 1 aliphatic heterocycles. The molecule has 2 rings (SSSR count). The number of carbonyl (C=O) groups excluding carboxylic acids is 1. The summed E-state index contributed by atoms with van der Waals surface area (Å²) in [5.74, 6) is 0.835. The van der Waals surface area contributed by atoms with Crippen molar-refractivity contribution in [3.05, 3.63) is 35.9 Å². The quantitative estimate of drug-likeness (QED) is 0.799. The summed E-state index contributed by atoms with van der Waals surface area (Å²) < 4.78 is 5.46. The molecular weight excluding hydrogens is 250 g/mol. The number of nitrogens with zero attached hydrogens (tertiary/aromatic N) is 1. The van der Waals surface area contributed by atoms with E-state index in [-0.39, 0.29) is 5.91 Å². The topological polar surface area (TPSA) is 29.5 Å². The highest BCUT2D eigenvalue weighted by molar-refractivity contribution is 5.75. The van der Waals surface area contributed by atoms with Crippen LogP contribution in [-0.2, 0) is 16.0 Å². The smallest absolute Gasteiger partial charge is 0.222 e. The van der Waals surface area contributed by atoms with E-state index in [1.54, 1.807) is 0 Å². The van der Waals surface area contributed by atoms with E-state index in [0.29, 0.717) is 12.3 Å². The average molecular weight is 275 g/mol. The van der Waals surface area contributed by atoms with E-state index in [1.807, 2.05) is 30.1 Å². The predicted octanol–water partition coefficient (Wildman–Crippen LogP) is 2.89. The fourth-order valence-electron chi connectivity index (χ4n) is 2.62. The SMILES string of the molecule is CN(CCc1ccccc1)C(=O)CC[C@H]1CCCOC1. The normalized spacial score (nSPS) is 18.8. The maximum atomic E-state index is 12.1. The van der Waals surface area contributed by atoms with Crippen LogP contribution in [0, 0.1) is 5.92 Å². The van der Waals surface area contributed by atoms with Gasteiger partial charge in [0.25, 0.3) is 0 Å². The molecule has 1 aromatic carbocycles. The Labute approximate surface area is 121 Å². The first-order chi connectivity index (χ1) is 9.75. The minimum atomic E-state index is 0.256. The van der Waals surface area contributed by atoms with E-state index in [4.69, 9.17) is 4.74 Å². The zero-order valence-electron chi connectivity index (χ0n) is 12.4. The number of likely N-dealkylation sites (N-methyl/N-ethyl adjacent to an activating group) is 1. The lowest BCUT2D eigenvalue weighted by molar-refractivity contribution is -0.130. The maximum absolute atomic E-state index is 12.1. The van der Waals surface area contributed by atoms with Crippen LogP contribution in [0.4, 0.5) is 0 Å². The third-order valence-corrected chi connectivity index (χ3v) is 4.03. The van der Waals surface area contributed by atoms with E-state index < -0.39 is 0 Å². The zero-order chi connectivity index (χ0) is 14.2. The minimum Gasteiger partial charge on any atom is -0.381 e. The van der Waals surface area contributed by atoms with Gasteiger partial charge >= 0.3 is 0 Å². The lowest BCUT2D eigenvalue weighted by atomic mass is 9.96. The van der Waals surface area contributed by atoms with Crippen molar-refractivity contribution < 1.29 is 9.53 Å². The summed E-state index contributed by atoms with van der Waals surface area (Å²) >= 11 is 0. The van der Waals surface area contributed by atoms with Crippen LogP contribution >= 0.6 is 0 Å². The Morgan fingerprint density at radius 2 is 2.15 bits per heavy atom. The molecule has 1 atom stereocenters. The molecule has 0 radical (unpaired) electrons. The van der Waals surface area contributed by atoms with Gasteiger partial charge < -0.3 is 9.64 Å². The lowest BCUT2D eigenvalue weighted by Gasteiger charge is -2.23. The van der Waals surface area contributed by atoms with Crippen LogP contribution in [0.2, 0.25) is 0 Å². The number of rotatable bonds is 6. The Bertz CT molecular complexity index is 399. The maximum Gasteiger partial charge on any atom is 0.222 e. The van der Waals surface area contributed by atoms with Crippen molar-refractivity contribution in [1.29, 1.82) is 0 Å². The Balaban J connectivity index is 1.66. The van der Waals surface area contributed by atoms with Gasteiger partial charge in [-0.2, -0.15) is 0 Å². The van der Waals surface area contributed by atoms with Crippen molar-refractivity contribution in [2.75, 3.05) is 26.8 Å². The molecule has 1 heterocycles. The third kappa shape index (κ3) is 4.97. The van der Waals surface area contributed by atoms with Gasteiger partial charge in [0.1, 0.15) is 0 Å². The molecule has 20 heavy (non-hydrogen) atoms. The fraction of sp³-hybridized carbons (Fsp3) is 0.588. The van der Waals surface area contributed by atoms with Crippen LogP contribution < -0.4 is 0 Å². The number of hydrogen-bond acceptors (Lipinski definition) is 2. The summed E-state index contributed by atoms with van der Waals surface area (Å²) in [6.45, 7) is 2.52. The van der Waals surface area contributed by atoms with Crippen molar-refractivity contribution >= 4 is 5.91 Å². The van der Waals surface area contributed by atoms with Crippen LogP contribution in [0.3, 0.4) is 0 Å². The van der Waals surface area contributed by atoms with Gasteiger partial charge in [-0.05, 0) is 37.2 Å². The fourth-order valence-corrected chi connectivity index (χ4v) is 2.62. The summed E-state index contributed by atoms with van der Waals surface area (Å²) in [7, 11) is 1.91. The summed E-state index contributed by atoms with van der Waals surface area (Å²) in [6, 6.07) is 10.3. The summed E-state index contributed by atoms with van der Waals surface area (Å²) in [6.07, 6.45) is 4.90. The number of benzene rings is 1. The van der Waals surface area contributed by atoms with Crippen LogP contribution in [-0.4, -0.2) is 37.6 Å². The molecule has 1 fully saturated rings. The van der Waals surface area contributed by atoms with E-state index in [9.17, 15) is 4.79 Å². The van der Waals surface area contributed by atoms with Crippen LogP contribution in [0.5, 0.6) is 0 Å². The standard InChI is InChI=1S/C17H25NO2/c1-18(12-11-15-6-3-2-4-7-15)17(19)10-9-16-8-5-13-20-14-16/h2-4,6-7,16H,5,8-14H2,1H3/t16-/m1/s1. The zero-order valence-corrected chi connectivity index (χ0v) is 12.4. The van der Waals surface area contributed by atoms with E-state index >= 15 is 0 Å². The van der Waals surface area contributed by atoms with Crippen LogP contribution in [0.1, 0.15) is 31.2 Å². The summed E-state index contributed by atoms with van der Waals surface area (Å²) in [5, 5.41) is 0. The second-order valence-corrected chi connectivity index (χ2v) is 5.67. The Kier molecular flexibility index (Phi) is 6.06. The van der Waals surface area contributed by atoms with Crippen LogP contribution in [0.15, 0.2) is 30.3 Å². The molecule has 1 saturated heterocycles. The highest BCUT2D eigenvalue weighted by Gasteiger charge is 2.16. The van der Waals surface area contributed by atoms with Crippen molar-refractivity contribution in [3.63, 3.8) is 0 Å². The molecule has 1 aromatic rings. The van der Waals surface area contributed by atoms with Gasteiger partial charge in [0.05, 0.1) is 0 Å². The monoisotopic (exact) mass is 275 g/mol. The number of ether oxygens (including phenoxy) is 1. The largest absolute Gasteiger partial charge is 0.381 e. The number of amides is 1. The van der Waals surface area contributed by atoms with Crippen molar-refractivity contribution in [2.45, 2.75) is 32.1 Å². The van der Waals surface area contributed by atoms with Crippen LogP contribution in [0.25, 0.3) is 0 Å². The van der Waals surface area contributed by atoms with Gasteiger partial charge in [-0.1, -0.05) is 30.3 Å². The second kappa shape index (κ2) is 8.05. The first-order valence-electron chi connectivity index (χ1n) is 7.61. The number of hydrogen-bond donors (Lipinski definition) is 0. The highest BCUT2D eigenvalue weighted by Crippen LogP contribution is 2.19. The van der Waals surface area contributed by atoms with E-state index in [0.717, 1.165) is 39.0 Å². The molecule has 1 aliphatic rings. The minimum absolute atomic E-state index is 0.256. The first kappa shape index (κ1) is 15.0. The summed E-state index contributed by atoms with van der Waals surface area (Å²) in [4.78, 5) is 13.9. The Morgan fingerprint density at radius 1 is 1.35 bits per heavy atom. The van der Waals surface area contributed by atoms with Gasteiger partial charge in [-0.25, -0.2) is 0 Å². The Morgan fingerprint density at radius 3 is 2.85 bits per heavy atom. The molecule has 0 unspecified atom stereocenters. The molecule has 0 bridgehead atoms. The van der Waals surface area contributed by atoms with Gasteiger partial charge in [-0.3, -0.25) is 4.79 Å². The van der Waals surface area contributed by atoms with Gasteiger partial charge in [0.2, 0.25) is 5.91 Å².